The van der Waals surface area contributed by atoms with E-state index in [-0.39, 0.29) is 5.91 Å². The zero-order valence-electron chi connectivity index (χ0n) is 15.3. The maximum absolute atomic E-state index is 12.0. The second-order valence-electron chi connectivity index (χ2n) is 6.11. The predicted molar refractivity (Wildman–Crippen MR) is 102 cm³/mol. The monoisotopic (exact) mass is 375 g/mol. The van der Waals surface area contributed by atoms with Crippen molar-refractivity contribution in [3.05, 3.63) is 78.3 Å². The number of benzene rings is 1. The van der Waals surface area contributed by atoms with Crippen LogP contribution in [0.4, 0.5) is 5.69 Å². The van der Waals surface area contributed by atoms with Crippen molar-refractivity contribution < 1.29 is 13.9 Å². The standard InChI is InChI=1S/C20H17N5O3/c1-13-14(2)25(12-21-13)18-7-8-19(24-23-18)28-17-5-3-16(4-6-17)22-20(26)15-9-10-27-11-15/h3-12H,1-2H3,(H,22,26). The summed E-state index contributed by atoms with van der Waals surface area (Å²) in [6.07, 6.45) is 4.56. The van der Waals surface area contributed by atoms with Crippen molar-refractivity contribution in [2.75, 3.05) is 5.32 Å². The molecule has 0 bridgehead atoms. The molecule has 3 heterocycles. The summed E-state index contributed by atoms with van der Waals surface area (Å²) < 4.78 is 12.5. The molecule has 0 radical (unpaired) electrons. The largest absolute Gasteiger partial charge is 0.472 e. The first-order chi connectivity index (χ1) is 13.6. The van der Waals surface area contributed by atoms with Crippen LogP contribution >= 0.6 is 0 Å². The van der Waals surface area contributed by atoms with Crippen LogP contribution in [0, 0.1) is 13.8 Å². The van der Waals surface area contributed by atoms with Crippen LogP contribution in [0.3, 0.4) is 0 Å². The van der Waals surface area contributed by atoms with Gasteiger partial charge in [-0.05, 0) is 50.2 Å². The lowest BCUT2D eigenvalue weighted by atomic mass is 10.2. The molecule has 4 rings (SSSR count). The van der Waals surface area contributed by atoms with Gasteiger partial charge in [0.1, 0.15) is 18.3 Å². The van der Waals surface area contributed by atoms with Crippen LogP contribution in [0.1, 0.15) is 21.7 Å². The van der Waals surface area contributed by atoms with Gasteiger partial charge in [0.15, 0.2) is 5.82 Å². The fourth-order valence-corrected chi connectivity index (χ4v) is 2.55. The lowest BCUT2D eigenvalue weighted by Crippen LogP contribution is -2.10. The summed E-state index contributed by atoms with van der Waals surface area (Å²) in [5, 5.41) is 11.1. The Bertz CT molecular complexity index is 1080. The molecular weight excluding hydrogens is 358 g/mol. The Morgan fingerprint density at radius 1 is 1.07 bits per heavy atom. The van der Waals surface area contributed by atoms with Crippen molar-refractivity contribution in [3.63, 3.8) is 0 Å². The van der Waals surface area contributed by atoms with Crippen LogP contribution in [0.25, 0.3) is 5.82 Å². The van der Waals surface area contributed by atoms with Gasteiger partial charge >= 0.3 is 0 Å². The molecule has 8 nitrogen and oxygen atoms in total. The summed E-state index contributed by atoms with van der Waals surface area (Å²) in [4.78, 5) is 16.3. The highest BCUT2D eigenvalue weighted by Crippen LogP contribution is 2.22. The van der Waals surface area contributed by atoms with Gasteiger partial charge in [-0.3, -0.25) is 9.36 Å². The number of nitrogens with zero attached hydrogens (tertiary/aromatic N) is 4. The molecule has 0 aliphatic carbocycles. The van der Waals surface area contributed by atoms with Gasteiger partial charge in [0.25, 0.3) is 5.91 Å². The second kappa shape index (κ2) is 7.36. The predicted octanol–water partition coefficient (Wildman–Crippen LogP) is 3.92. The number of amides is 1. The molecule has 0 spiro atoms. The van der Waals surface area contributed by atoms with Gasteiger partial charge in [-0.15, -0.1) is 10.2 Å². The third kappa shape index (κ3) is 3.61. The number of hydrogen-bond donors (Lipinski definition) is 1. The SMILES string of the molecule is Cc1ncn(-c2ccc(Oc3ccc(NC(=O)c4ccoc4)cc3)nn2)c1C. The first-order valence-corrected chi connectivity index (χ1v) is 8.56. The first-order valence-electron chi connectivity index (χ1n) is 8.56. The van der Waals surface area contributed by atoms with E-state index in [1.165, 1.54) is 12.5 Å². The maximum Gasteiger partial charge on any atom is 0.258 e. The Labute approximate surface area is 160 Å². The van der Waals surface area contributed by atoms with Crippen molar-refractivity contribution in [3.8, 4) is 17.4 Å². The van der Waals surface area contributed by atoms with Crippen LogP contribution in [0.15, 0.2) is 65.7 Å². The Kier molecular flexibility index (Phi) is 4.59. The van der Waals surface area contributed by atoms with Gasteiger partial charge in [0.05, 0.1) is 17.5 Å². The molecule has 0 saturated carbocycles. The van der Waals surface area contributed by atoms with Crippen molar-refractivity contribution in [2.45, 2.75) is 13.8 Å². The average molecular weight is 375 g/mol. The Balaban J connectivity index is 1.41. The van der Waals surface area contributed by atoms with E-state index in [0.29, 0.717) is 28.7 Å². The van der Waals surface area contributed by atoms with Crippen LogP contribution in [-0.4, -0.2) is 25.7 Å². The van der Waals surface area contributed by atoms with E-state index in [2.05, 4.69) is 20.5 Å². The second-order valence-corrected chi connectivity index (χ2v) is 6.11. The Hall–Kier alpha value is -3.94. The van der Waals surface area contributed by atoms with Gasteiger partial charge < -0.3 is 14.5 Å². The zero-order valence-corrected chi connectivity index (χ0v) is 15.3. The first kappa shape index (κ1) is 17.5. The lowest BCUT2D eigenvalue weighted by Gasteiger charge is -2.08. The lowest BCUT2D eigenvalue weighted by molar-refractivity contribution is 0.102. The number of anilines is 1. The number of aryl methyl sites for hydroxylation is 1. The van der Waals surface area contributed by atoms with E-state index in [9.17, 15) is 4.79 Å². The number of aromatic nitrogens is 4. The molecular formula is C20H17N5O3. The molecule has 0 aliphatic heterocycles. The van der Waals surface area contributed by atoms with Gasteiger partial charge in [-0.2, -0.15) is 0 Å². The summed E-state index contributed by atoms with van der Waals surface area (Å²) in [6, 6.07) is 12.1. The van der Waals surface area contributed by atoms with E-state index in [1.807, 2.05) is 24.5 Å². The number of rotatable bonds is 5. The number of furan rings is 1. The number of imidazole rings is 1. The van der Waals surface area contributed by atoms with E-state index in [4.69, 9.17) is 9.15 Å². The van der Waals surface area contributed by atoms with E-state index in [0.717, 1.165) is 11.4 Å². The fraction of sp³-hybridized carbons (Fsp3) is 0.100. The van der Waals surface area contributed by atoms with Crippen molar-refractivity contribution in [1.82, 2.24) is 19.7 Å². The highest BCUT2D eigenvalue weighted by molar-refractivity contribution is 6.03. The molecule has 4 aromatic rings. The number of carbonyl (C=O) groups excluding carboxylic acids is 1. The molecule has 0 aliphatic rings. The number of ether oxygens (including phenoxy) is 1. The summed E-state index contributed by atoms with van der Waals surface area (Å²) in [5.74, 6) is 1.38. The summed E-state index contributed by atoms with van der Waals surface area (Å²) >= 11 is 0. The minimum absolute atomic E-state index is 0.242. The average Bonchev–Trinajstić information content (AvgIpc) is 3.35. The fourth-order valence-electron chi connectivity index (χ4n) is 2.55. The molecule has 140 valence electrons. The molecule has 1 aromatic carbocycles. The van der Waals surface area contributed by atoms with Crippen LogP contribution in [0.5, 0.6) is 11.6 Å². The molecule has 8 heteroatoms. The zero-order chi connectivity index (χ0) is 19.5. The molecule has 0 fully saturated rings. The summed E-state index contributed by atoms with van der Waals surface area (Å²) in [7, 11) is 0. The number of nitrogens with one attached hydrogen (secondary N) is 1. The number of carbonyl (C=O) groups is 1. The minimum atomic E-state index is -0.242. The highest BCUT2D eigenvalue weighted by atomic mass is 16.5. The Morgan fingerprint density at radius 3 is 2.50 bits per heavy atom. The van der Waals surface area contributed by atoms with Crippen molar-refractivity contribution in [1.29, 1.82) is 0 Å². The van der Waals surface area contributed by atoms with Crippen molar-refractivity contribution in [2.24, 2.45) is 0 Å². The van der Waals surface area contributed by atoms with Crippen LogP contribution in [0.2, 0.25) is 0 Å². The van der Waals surface area contributed by atoms with Gasteiger partial charge in [-0.1, -0.05) is 0 Å². The Morgan fingerprint density at radius 2 is 1.89 bits per heavy atom. The van der Waals surface area contributed by atoms with Gasteiger partial charge in [-0.25, -0.2) is 4.98 Å². The molecule has 0 atom stereocenters. The molecule has 1 amide bonds. The third-order valence-electron chi connectivity index (χ3n) is 4.24. The molecule has 0 unspecified atom stereocenters. The van der Waals surface area contributed by atoms with E-state index in [1.54, 1.807) is 42.7 Å². The van der Waals surface area contributed by atoms with Gasteiger partial charge in [0.2, 0.25) is 5.88 Å². The third-order valence-corrected chi connectivity index (χ3v) is 4.24. The topological polar surface area (TPSA) is 95.1 Å². The van der Waals surface area contributed by atoms with E-state index < -0.39 is 0 Å². The quantitative estimate of drug-likeness (QED) is 0.568. The highest BCUT2D eigenvalue weighted by Gasteiger charge is 2.09. The number of hydrogen-bond acceptors (Lipinski definition) is 6. The van der Waals surface area contributed by atoms with E-state index >= 15 is 0 Å². The summed E-state index contributed by atoms with van der Waals surface area (Å²) in [5.41, 5.74) is 3.06. The smallest absolute Gasteiger partial charge is 0.258 e. The summed E-state index contributed by atoms with van der Waals surface area (Å²) in [6.45, 7) is 3.92. The molecule has 28 heavy (non-hydrogen) atoms. The maximum atomic E-state index is 12.0. The minimum Gasteiger partial charge on any atom is -0.472 e. The molecule has 0 saturated heterocycles. The molecule has 3 aromatic heterocycles. The van der Waals surface area contributed by atoms with Crippen molar-refractivity contribution >= 4 is 11.6 Å². The normalized spacial score (nSPS) is 10.6. The molecule has 1 N–H and O–H groups in total. The van der Waals surface area contributed by atoms with Gasteiger partial charge in [0, 0.05) is 17.4 Å². The van der Waals surface area contributed by atoms with Crippen LogP contribution in [-0.2, 0) is 0 Å². The van der Waals surface area contributed by atoms with Crippen LogP contribution < -0.4 is 10.1 Å².